The Morgan fingerprint density at radius 2 is 2.05 bits per heavy atom. The number of amides is 1. The van der Waals surface area contributed by atoms with E-state index in [9.17, 15) is 4.79 Å². The maximum atomic E-state index is 12.4. The predicted molar refractivity (Wildman–Crippen MR) is 80.9 cm³/mol. The smallest absolute Gasteiger partial charge is 0.255 e. The van der Waals surface area contributed by atoms with Gasteiger partial charge in [0.2, 0.25) is 0 Å². The van der Waals surface area contributed by atoms with Crippen LogP contribution in [0.3, 0.4) is 0 Å². The minimum atomic E-state index is -0.0831. The molecule has 1 aliphatic carbocycles. The average Bonchev–Trinajstić information content (AvgIpc) is 2.43. The quantitative estimate of drug-likeness (QED) is 0.831. The van der Waals surface area contributed by atoms with Gasteiger partial charge in [-0.05, 0) is 56.7 Å². The zero-order chi connectivity index (χ0) is 14.5. The molecule has 20 heavy (non-hydrogen) atoms. The largest absolute Gasteiger partial charge is 0.493 e. The molecule has 1 amide bonds. The summed E-state index contributed by atoms with van der Waals surface area (Å²) in [5.41, 5.74) is 6.89. The van der Waals surface area contributed by atoms with Gasteiger partial charge in [0.05, 0.1) is 12.2 Å². The molecule has 3 N–H and O–H groups in total. The molecule has 0 atom stereocenters. The highest BCUT2D eigenvalue weighted by atomic mass is 16.5. The van der Waals surface area contributed by atoms with Crippen LogP contribution in [0.1, 0.15) is 49.9 Å². The average molecular weight is 276 g/mol. The minimum absolute atomic E-state index is 0.0831. The molecule has 0 unspecified atom stereocenters. The molecule has 0 saturated heterocycles. The molecule has 1 fully saturated rings. The number of anilines is 1. The molecule has 0 bridgehead atoms. The SMILES string of the molecule is CCOc1ccc(N)cc1C(=O)NC1CCC(C)CC1. The van der Waals surface area contributed by atoms with Gasteiger partial charge in [-0.1, -0.05) is 6.92 Å². The van der Waals surface area contributed by atoms with Gasteiger partial charge in [0.15, 0.2) is 0 Å². The number of ether oxygens (including phenoxy) is 1. The first-order valence-electron chi connectivity index (χ1n) is 7.43. The molecule has 0 spiro atoms. The summed E-state index contributed by atoms with van der Waals surface area (Å²) in [6.45, 7) is 4.70. The second kappa shape index (κ2) is 6.64. The van der Waals surface area contributed by atoms with Gasteiger partial charge in [-0.3, -0.25) is 4.79 Å². The van der Waals surface area contributed by atoms with Crippen LogP contribution in [0, 0.1) is 5.92 Å². The van der Waals surface area contributed by atoms with E-state index in [0.29, 0.717) is 23.6 Å². The molecule has 0 aliphatic heterocycles. The van der Waals surface area contributed by atoms with E-state index in [1.54, 1.807) is 18.2 Å². The first-order chi connectivity index (χ1) is 9.60. The van der Waals surface area contributed by atoms with Crippen molar-refractivity contribution in [1.82, 2.24) is 5.32 Å². The third kappa shape index (κ3) is 3.65. The van der Waals surface area contributed by atoms with E-state index in [-0.39, 0.29) is 11.9 Å². The summed E-state index contributed by atoms with van der Waals surface area (Å²) in [5.74, 6) is 1.29. The number of benzene rings is 1. The Bertz CT molecular complexity index is 466. The lowest BCUT2D eigenvalue weighted by molar-refractivity contribution is 0.0919. The fourth-order valence-corrected chi connectivity index (χ4v) is 2.67. The zero-order valence-electron chi connectivity index (χ0n) is 12.3. The predicted octanol–water partition coefficient (Wildman–Crippen LogP) is 2.98. The third-order valence-corrected chi connectivity index (χ3v) is 3.90. The summed E-state index contributed by atoms with van der Waals surface area (Å²) in [6.07, 6.45) is 4.47. The number of nitrogens with one attached hydrogen (secondary N) is 1. The van der Waals surface area contributed by atoms with E-state index >= 15 is 0 Å². The van der Waals surface area contributed by atoms with Crippen LogP contribution >= 0.6 is 0 Å². The van der Waals surface area contributed by atoms with Crippen molar-refractivity contribution >= 4 is 11.6 Å². The maximum absolute atomic E-state index is 12.4. The van der Waals surface area contributed by atoms with Gasteiger partial charge in [-0.25, -0.2) is 0 Å². The van der Waals surface area contributed by atoms with Gasteiger partial charge in [0, 0.05) is 11.7 Å². The van der Waals surface area contributed by atoms with Crippen molar-refractivity contribution in [3.8, 4) is 5.75 Å². The monoisotopic (exact) mass is 276 g/mol. The lowest BCUT2D eigenvalue weighted by Crippen LogP contribution is -2.37. The van der Waals surface area contributed by atoms with Crippen molar-refractivity contribution in [2.75, 3.05) is 12.3 Å². The Labute approximate surface area is 120 Å². The molecule has 0 radical (unpaired) electrons. The lowest BCUT2D eigenvalue weighted by atomic mass is 9.87. The Morgan fingerprint density at radius 1 is 1.35 bits per heavy atom. The molecular formula is C16H24N2O2. The highest BCUT2D eigenvalue weighted by molar-refractivity contribution is 5.98. The van der Waals surface area contributed by atoms with Crippen LogP contribution in [0.5, 0.6) is 5.75 Å². The van der Waals surface area contributed by atoms with E-state index in [1.165, 1.54) is 12.8 Å². The lowest BCUT2D eigenvalue weighted by Gasteiger charge is -2.27. The van der Waals surface area contributed by atoms with Crippen molar-refractivity contribution in [2.45, 2.75) is 45.6 Å². The first kappa shape index (κ1) is 14.7. The Hall–Kier alpha value is -1.71. The molecule has 0 heterocycles. The molecule has 4 nitrogen and oxygen atoms in total. The Balaban J connectivity index is 2.06. The second-order valence-electron chi connectivity index (χ2n) is 5.62. The van der Waals surface area contributed by atoms with Crippen LogP contribution in [0.15, 0.2) is 18.2 Å². The molecule has 1 aromatic carbocycles. The summed E-state index contributed by atoms with van der Waals surface area (Å²) in [7, 11) is 0. The summed E-state index contributed by atoms with van der Waals surface area (Å²) in [4.78, 5) is 12.4. The van der Waals surface area contributed by atoms with Gasteiger partial charge >= 0.3 is 0 Å². The van der Waals surface area contributed by atoms with Crippen LogP contribution in [0.25, 0.3) is 0 Å². The number of nitrogens with two attached hydrogens (primary N) is 1. The number of nitrogen functional groups attached to an aromatic ring is 1. The molecule has 1 aromatic rings. The summed E-state index contributed by atoms with van der Waals surface area (Å²) in [5, 5.41) is 3.11. The van der Waals surface area contributed by atoms with Crippen molar-refractivity contribution in [3.63, 3.8) is 0 Å². The Kier molecular flexibility index (Phi) is 4.88. The van der Waals surface area contributed by atoms with Gasteiger partial charge < -0.3 is 15.8 Å². The van der Waals surface area contributed by atoms with E-state index in [2.05, 4.69) is 12.2 Å². The normalized spacial score (nSPS) is 22.3. The molecule has 1 saturated carbocycles. The first-order valence-corrected chi connectivity index (χ1v) is 7.43. The number of rotatable bonds is 4. The molecule has 110 valence electrons. The molecule has 2 rings (SSSR count). The van der Waals surface area contributed by atoms with Gasteiger partial charge in [0.1, 0.15) is 5.75 Å². The van der Waals surface area contributed by atoms with Crippen LogP contribution in [0.4, 0.5) is 5.69 Å². The topological polar surface area (TPSA) is 64.3 Å². The van der Waals surface area contributed by atoms with Crippen molar-refractivity contribution in [1.29, 1.82) is 0 Å². The third-order valence-electron chi connectivity index (χ3n) is 3.90. The second-order valence-corrected chi connectivity index (χ2v) is 5.62. The summed E-state index contributed by atoms with van der Waals surface area (Å²) in [6, 6.07) is 5.47. The molecule has 1 aliphatic rings. The van der Waals surface area contributed by atoms with E-state index in [4.69, 9.17) is 10.5 Å². The van der Waals surface area contributed by atoms with E-state index < -0.39 is 0 Å². The van der Waals surface area contributed by atoms with E-state index in [1.807, 2.05) is 6.92 Å². The van der Waals surface area contributed by atoms with Gasteiger partial charge in [-0.15, -0.1) is 0 Å². The Morgan fingerprint density at radius 3 is 2.70 bits per heavy atom. The van der Waals surface area contributed by atoms with Crippen molar-refractivity contribution in [3.05, 3.63) is 23.8 Å². The molecule has 0 aromatic heterocycles. The maximum Gasteiger partial charge on any atom is 0.255 e. The molecule has 4 heteroatoms. The van der Waals surface area contributed by atoms with E-state index in [0.717, 1.165) is 18.8 Å². The summed E-state index contributed by atoms with van der Waals surface area (Å²) >= 11 is 0. The number of hydrogen-bond donors (Lipinski definition) is 2. The van der Waals surface area contributed by atoms with Crippen LogP contribution in [-0.2, 0) is 0 Å². The summed E-state index contributed by atoms with van der Waals surface area (Å²) < 4.78 is 5.50. The zero-order valence-corrected chi connectivity index (χ0v) is 12.3. The van der Waals surface area contributed by atoms with Crippen LogP contribution in [-0.4, -0.2) is 18.6 Å². The van der Waals surface area contributed by atoms with Crippen molar-refractivity contribution < 1.29 is 9.53 Å². The van der Waals surface area contributed by atoms with Crippen LogP contribution in [0.2, 0.25) is 0 Å². The standard InChI is InChI=1S/C16H24N2O2/c1-3-20-15-9-6-12(17)10-14(15)16(19)18-13-7-4-11(2)5-8-13/h6,9-11,13H,3-5,7-8,17H2,1-2H3,(H,18,19). The molecular weight excluding hydrogens is 252 g/mol. The number of hydrogen-bond acceptors (Lipinski definition) is 3. The van der Waals surface area contributed by atoms with Gasteiger partial charge in [0.25, 0.3) is 5.91 Å². The number of carbonyl (C=O) groups excluding carboxylic acids is 1. The highest BCUT2D eigenvalue weighted by Crippen LogP contribution is 2.25. The minimum Gasteiger partial charge on any atom is -0.493 e. The number of carbonyl (C=O) groups is 1. The van der Waals surface area contributed by atoms with Gasteiger partial charge in [-0.2, -0.15) is 0 Å². The fourth-order valence-electron chi connectivity index (χ4n) is 2.67. The highest BCUT2D eigenvalue weighted by Gasteiger charge is 2.21. The van der Waals surface area contributed by atoms with Crippen molar-refractivity contribution in [2.24, 2.45) is 5.92 Å². The van der Waals surface area contributed by atoms with Crippen LogP contribution < -0.4 is 15.8 Å². The fraction of sp³-hybridized carbons (Fsp3) is 0.562.